The highest BCUT2D eigenvalue weighted by molar-refractivity contribution is 6.31. The van der Waals surface area contributed by atoms with Gasteiger partial charge in [-0.1, -0.05) is 17.7 Å². The zero-order valence-corrected chi connectivity index (χ0v) is 12.9. The molecule has 4 nitrogen and oxygen atoms in total. The molecule has 114 valence electrons. The van der Waals surface area contributed by atoms with Gasteiger partial charge in [-0.05, 0) is 37.8 Å². The van der Waals surface area contributed by atoms with Gasteiger partial charge < -0.3 is 16.0 Å². The lowest BCUT2D eigenvalue weighted by molar-refractivity contribution is -0.122. The van der Waals surface area contributed by atoms with E-state index >= 15 is 0 Å². The number of rotatable bonds is 5. The molecule has 1 saturated carbocycles. The number of piperidine rings is 1. The van der Waals surface area contributed by atoms with Crippen LogP contribution < -0.4 is 16.0 Å². The minimum absolute atomic E-state index is 0.0217. The molecule has 1 aliphatic carbocycles. The molecule has 1 saturated heterocycles. The Hall–Kier alpha value is -1.26. The van der Waals surface area contributed by atoms with Crippen molar-refractivity contribution in [3.05, 3.63) is 28.8 Å². The second-order valence-corrected chi connectivity index (χ2v) is 6.46. The third-order valence-electron chi connectivity index (χ3n) is 4.48. The van der Waals surface area contributed by atoms with Crippen molar-refractivity contribution in [3.63, 3.8) is 0 Å². The summed E-state index contributed by atoms with van der Waals surface area (Å²) < 4.78 is 0. The first-order valence-corrected chi connectivity index (χ1v) is 8.08. The van der Waals surface area contributed by atoms with Gasteiger partial charge in [0.25, 0.3) is 0 Å². The summed E-state index contributed by atoms with van der Waals surface area (Å²) in [7, 11) is 0. The summed E-state index contributed by atoms with van der Waals surface area (Å²) in [6, 6.07) is 6.74. The Balaban J connectivity index is 1.72. The molecule has 3 rings (SSSR count). The zero-order chi connectivity index (χ0) is 14.8. The minimum atomic E-state index is -0.170. The van der Waals surface area contributed by atoms with Gasteiger partial charge in [-0.25, -0.2) is 0 Å². The molecule has 1 aliphatic heterocycles. The number of nitrogens with zero attached hydrogens (tertiary/aromatic N) is 1. The lowest BCUT2D eigenvalue weighted by atomic mass is 9.95. The predicted molar refractivity (Wildman–Crippen MR) is 85.4 cm³/mol. The van der Waals surface area contributed by atoms with Gasteiger partial charge in [-0.15, -0.1) is 0 Å². The standard InChI is InChI=1S/C16H22ClN3O/c17-14-2-1-3-15(13(14)10-19-12-4-5-12)20-8-6-11(7-9-20)16(18)21/h1-3,11-12,19H,4-10H2,(H2,18,21). The Labute approximate surface area is 130 Å². The molecule has 0 bridgehead atoms. The van der Waals surface area contributed by atoms with E-state index in [1.165, 1.54) is 24.1 Å². The first-order valence-electron chi connectivity index (χ1n) is 7.70. The summed E-state index contributed by atoms with van der Waals surface area (Å²) in [5, 5.41) is 4.35. The maximum atomic E-state index is 11.3. The van der Waals surface area contributed by atoms with Crippen LogP contribution in [0.25, 0.3) is 0 Å². The van der Waals surface area contributed by atoms with Crippen molar-refractivity contribution in [2.24, 2.45) is 11.7 Å². The number of halogens is 1. The summed E-state index contributed by atoms with van der Waals surface area (Å²) in [5.74, 6) is -0.148. The Morgan fingerprint density at radius 2 is 2.00 bits per heavy atom. The number of anilines is 1. The van der Waals surface area contributed by atoms with E-state index in [-0.39, 0.29) is 11.8 Å². The number of hydrogen-bond acceptors (Lipinski definition) is 3. The third-order valence-corrected chi connectivity index (χ3v) is 4.83. The van der Waals surface area contributed by atoms with Crippen molar-refractivity contribution >= 4 is 23.2 Å². The normalized spacial score (nSPS) is 19.8. The van der Waals surface area contributed by atoms with E-state index in [1.54, 1.807) is 0 Å². The van der Waals surface area contributed by atoms with Crippen molar-refractivity contribution in [2.75, 3.05) is 18.0 Å². The molecule has 3 N–H and O–H groups in total. The van der Waals surface area contributed by atoms with Crippen molar-refractivity contribution in [1.82, 2.24) is 5.32 Å². The Morgan fingerprint density at radius 1 is 1.29 bits per heavy atom. The van der Waals surface area contributed by atoms with Crippen LogP contribution in [0.5, 0.6) is 0 Å². The van der Waals surface area contributed by atoms with Crippen LogP contribution in [0.3, 0.4) is 0 Å². The molecule has 1 aromatic carbocycles. The number of nitrogens with two attached hydrogens (primary N) is 1. The van der Waals surface area contributed by atoms with Crippen LogP contribution in [-0.4, -0.2) is 25.0 Å². The largest absolute Gasteiger partial charge is 0.371 e. The maximum absolute atomic E-state index is 11.3. The van der Waals surface area contributed by atoms with Crippen LogP contribution in [0.15, 0.2) is 18.2 Å². The molecule has 1 aromatic rings. The molecular formula is C16H22ClN3O. The maximum Gasteiger partial charge on any atom is 0.220 e. The topological polar surface area (TPSA) is 58.4 Å². The zero-order valence-electron chi connectivity index (χ0n) is 12.1. The van der Waals surface area contributed by atoms with Crippen molar-refractivity contribution in [3.8, 4) is 0 Å². The smallest absolute Gasteiger partial charge is 0.220 e. The van der Waals surface area contributed by atoms with Gasteiger partial charge in [0.05, 0.1) is 0 Å². The Kier molecular flexibility index (Phi) is 4.36. The third kappa shape index (κ3) is 3.50. The number of carbonyl (C=O) groups is 1. The Morgan fingerprint density at radius 3 is 2.62 bits per heavy atom. The monoisotopic (exact) mass is 307 g/mol. The lowest BCUT2D eigenvalue weighted by Gasteiger charge is -2.34. The number of carbonyl (C=O) groups excluding carboxylic acids is 1. The van der Waals surface area contributed by atoms with E-state index in [4.69, 9.17) is 17.3 Å². The van der Waals surface area contributed by atoms with Crippen molar-refractivity contribution < 1.29 is 4.79 Å². The molecule has 5 heteroatoms. The van der Waals surface area contributed by atoms with Gasteiger partial charge in [0.1, 0.15) is 0 Å². The first kappa shape index (κ1) is 14.7. The van der Waals surface area contributed by atoms with Gasteiger partial charge >= 0.3 is 0 Å². The number of primary amides is 1. The molecule has 2 fully saturated rings. The summed E-state index contributed by atoms with van der Waals surface area (Å²) in [4.78, 5) is 13.6. The fraction of sp³-hybridized carbons (Fsp3) is 0.562. The molecule has 1 heterocycles. The first-order chi connectivity index (χ1) is 10.1. The van der Waals surface area contributed by atoms with Gasteiger partial charge in [-0.3, -0.25) is 4.79 Å². The van der Waals surface area contributed by atoms with Gasteiger partial charge in [-0.2, -0.15) is 0 Å². The number of nitrogens with one attached hydrogen (secondary N) is 1. The van der Waals surface area contributed by atoms with Crippen LogP contribution >= 0.6 is 11.6 Å². The fourth-order valence-corrected chi connectivity index (χ4v) is 3.19. The van der Waals surface area contributed by atoms with E-state index in [2.05, 4.69) is 16.3 Å². The average Bonchev–Trinajstić information content (AvgIpc) is 3.30. The highest BCUT2D eigenvalue weighted by Crippen LogP contribution is 2.31. The summed E-state index contributed by atoms with van der Waals surface area (Å²) in [5.41, 5.74) is 7.77. The average molecular weight is 308 g/mol. The van der Waals surface area contributed by atoms with Crippen LogP contribution in [0.1, 0.15) is 31.2 Å². The fourth-order valence-electron chi connectivity index (χ4n) is 2.96. The number of hydrogen-bond donors (Lipinski definition) is 2. The molecule has 0 aromatic heterocycles. The van der Waals surface area contributed by atoms with E-state index in [0.717, 1.165) is 37.5 Å². The van der Waals surface area contributed by atoms with E-state index in [9.17, 15) is 4.79 Å². The minimum Gasteiger partial charge on any atom is -0.371 e. The molecule has 0 atom stereocenters. The molecule has 0 spiro atoms. The quantitative estimate of drug-likeness (QED) is 0.877. The number of amides is 1. The van der Waals surface area contributed by atoms with Crippen LogP contribution in [0.2, 0.25) is 5.02 Å². The van der Waals surface area contributed by atoms with E-state index < -0.39 is 0 Å². The molecule has 0 radical (unpaired) electrons. The molecule has 21 heavy (non-hydrogen) atoms. The summed E-state index contributed by atoms with van der Waals surface area (Å²) in [6.07, 6.45) is 4.20. The van der Waals surface area contributed by atoms with Crippen LogP contribution in [-0.2, 0) is 11.3 Å². The predicted octanol–water partition coefficient (Wildman–Crippen LogP) is 2.29. The molecular weight excluding hydrogens is 286 g/mol. The molecule has 0 unspecified atom stereocenters. The highest BCUT2D eigenvalue weighted by atomic mass is 35.5. The lowest BCUT2D eigenvalue weighted by Crippen LogP contribution is -2.39. The number of benzene rings is 1. The molecule has 1 amide bonds. The Bertz CT molecular complexity index is 522. The van der Waals surface area contributed by atoms with Gasteiger partial charge in [0.2, 0.25) is 5.91 Å². The second-order valence-electron chi connectivity index (χ2n) is 6.06. The van der Waals surface area contributed by atoms with Crippen molar-refractivity contribution in [2.45, 2.75) is 38.3 Å². The second kappa shape index (κ2) is 6.24. The van der Waals surface area contributed by atoms with E-state index in [1.807, 2.05) is 12.1 Å². The summed E-state index contributed by atoms with van der Waals surface area (Å²) >= 11 is 6.39. The SMILES string of the molecule is NC(=O)C1CCN(c2cccc(Cl)c2CNC2CC2)CC1. The van der Waals surface area contributed by atoms with Crippen LogP contribution in [0, 0.1) is 5.92 Å². The van der Waals surface area contributed by atoms with Crippen molar-refractivity contribution in [1.29, 1.82) is 0 Å². The van der Waals surface area contributed by atoms with Gasteiger partial charge in [0.15, 0.2) is 0 Å². The summed E-state index contributed by atoms with van der Waals surface area (Å²) in [6.45, 7) is 2.55. The van der Waals surface area contributed by atoms with E-state index in [0.29, 0.717) is 6.04 Å². The highest BCUT2D eigenvalue weighted by Gasteiger charge is 2.26. The van der Waals surface area contributed by atoms with Gasteiger partial charge in [0, 0.05) is 47.9 Å². The molecule has 2 aliphatic rings. The van der Waals surface area contributed by atoms with Crippen LogP contribution in [0.4, 0.5) is 5.69 Å².